The van der Waals surface area contributed by atoms with Gasteiger partial charge in [0.05, 0.1) is 0 Å². The summed E-state index contributed by atoms with van der Waals surface area (Å²) in [6.45, 7) is 0. The Morgan fingerprint density at radius 3 is 1.74 bits per heavy atom. The Kier molecular flexibility index (Phi) is 3.81. The molecule has 112 valence electrons. The van der Waals surface area contributed by atoms with Crippen LogP contribution >= 0.6 is 0 Å². The molecule has 0 spiro atoms. The van der Waals surface area contributed by atoms with E-state index in [0.29, 0.717) is 0 Å². The Morgan fingerprint density at radius 2 is 1.09 bits per heavy atom. The van der Waals surface area contributed by atoms with Crippen LogP contribution in [-0.4, -0.2) is 0 Å². The standard InChI is InChI=1S/C23H20/c1-2-9-18(10-3-1)11-8-16-23-21-14-6-4-12-19(21)17-20-13-5-7-15-22(20)23/h1-7,9-10,12-15,17H,8,11,16H2. The van der Waals surface area contributed by atoms with E-state index in [9.17, 15) is 0 Å². The van der Waals surface area contributed by atoms with Crippen LogP contribution in [0.5, 0.6) is 0 Å². The molecule has 0 radical (unpaired) electrons. The quantitative estimate of drug-likeness (QED) is 0.395. The molecule has 4 rings (SSSR count). The van der Waals surface area contributed by atoms with Crippen LogP contribution in [0.2, 0.25) is 0 Å². The number of rotatable bonds is 4. The van der Waals surface area contributed by atoms with Crippen molar-refractivity contribution in [1.29, 1.82) is 0 Å². The minimum Gasteiger partial charge on any atom is -0.0622 e. The summed E-state index contributed by atoms with van der Waals surface area (Å²) in [7, 11) is 0. The Morgan fingerprint density at radius 1 is 0.522 bits per heavy atom. The van der Waals surface area contributed by atoms with Gasteiger partial charge in [0.2, 0.25) is 0 Å². The summed E-state index contributed by atoms with van der Waals surface area (Å²) < 4.78 is 0. The van der Waals surface area contributed by atoms with Gasteiger partial charge < -0.3 is 0 Å². The van der Waals surface area contributed by atoms with Crippen molar-refractivity contribution in [3.8, 4) is 0 Å². The van der Waals surface area contributed by atoms with Crippen molar-refractivity contribution in [3.63, 3.8) is 0 Å². The molecule has 23 heavy (non-hydrogen) atoms. The summed E-state index contributed by atoms with van der Waals surface area (Å²) in [6.07, 6.45) is 3.44. The van der Waals surface area contributed by atoms with Crippen LogP contribution in [0.3, 0.4) is 0 Å². The van der Waals surface area contributed by atoms with E-state index in [2.05, 4.69) is 84.9 Å². The number of benzene rings is 4. The maximum atomic E-state index is 2.31. The molecule has 4 aromatic rings. The molecule has 0 fully saturated rings. The normalized spacial score (nSPS) is 11.1. The van der Waals surface area contributed by atoms with E-state index in [-0.39, 0.29) is 0 Å². The molecule has 0 heterocycles. The number of aryl methyl sites for hydroxylation is 2. The van der Waals surface area contributed by atoms with Gasteiger partial charge in [-0.2, -0.15) is 0 Å². The molecule has 4 aromatic carbocycles. The Balaban J connectivity index is 1.71. The number of hydrogen-bond donors (Lipinski definition) is 0. The minimum absolute atomic E-state index is 1.12. The van der Waals surface area contributed by atoms with Crippen LogP contribution < -0.4 is 0 Å². The van der Waals surface area contributed by atoms with Crippen LogP contribution in [0.15, 0.2) is 84.9 Å². The molecule has 0 saturated heterocycles. The van der Waals surface area contributed by atoms with E-state index in [4.69, 9.17) is 0 Å². The fraction of sp³-hybridized carbons (Fsp3) is 0.130. The molecule has 0 amide bonds. The van der Waals surface area contributed by atoms with Crippen LogP contribution in [0.4, 0.5) is 0 Å². The molecule has 0 aliphatic carbocycles. The van der Waals surface area contributed by atoms with Crippen LogP contribution in [-0.2, 0) is 12.8 Å². The largest absolute Gasteiger partial charge is 0.0622 e. The highest BCUT2D eigenvalue weighted by atomic mass is 14.1. The zero-order valence-corrected chi connectivity index (χ0v) is 13.2. The van der Waals surface area contributed by atoms with Gasteiger partial charge in [0.1, 0.15) is 0 Å². The first-order valence-corrected chi connectivity index (χ1v) is 8.35. The lowest BCUT2D eigenvalue weighted by Gasteiger charge is -2.11. The highest BCUT2D eigenvalue weighted by Crippen LogP contribution is 2.29. The Labute approximate surface area is 137 Å². The van der Waals surface area contributed by atoms with Gasteiger partial charge in [-0.05, 0) is 58.0 Å². The summed E-state index contributed by atoms with van der Waals surface area (Å²) in [4.78, 5) is 0. The zero-order valence-electron chi connectivity index (χ0n) is 13.2. The molecular weight excluding hydrogens is 276 g/mol. The maximum absolute atomic E-state index is 2.31. The molecule has 0 aliphatic rings. The summed E-state index contributed by atoms with van der Waals surface area (Å²) in [6, 6.07) is 30.6. The second-order valence-electron chi connectivity index (χ2n) is 6.14. The highest BCUT2D eigenvalue weighted by Gasteiger charge is 2.07. The van der Waals surface area contributed by atoms with Gasteiger partial charge in [0.15, 0.2) is 0 Å². The maximum Gasteiger partial charge on any atom is -0.0146 e. The molecule has 0 aliphatic heterocycles. The van der Waals surface area contributed by atoms with Gasteiger partial charge in [-0.1, -0.05) is 78.9 Å². The van der Waals surface area contributed by atoms with Crippen molar-refractivity contribution in [3.05, 3.63) is 96.1 Å². The van der Waals surface area contributed by atoms with Crippen molar-refractivity contribution in [2.24, 2.45) is 0 Å². The van der Waals surface area contributed by atoms with Gasteiger partial charge >= 0.3 is 0 Å². The van der Waals surface area contributed by atoms with Gasteiger partial charge in [0.25, 0.3) is 0 Å². The molecule has 0 N–H and O–H groups in total. The molecule has 0 unspecified atom stereocenters. The van der Waals surface area contributed by atoms with Crippen molar-refractivity contribution >= 4 is 21.5 Å². The first kappa shape index (κ1) is 14.0. The molecular formula is C23H20. The van der Waals surface area contributed by atoms with Crippen LogP contribution in [0.1, 0.15) is 17.5 Å². The van der Waals surface area contributed by atoms with Crippen molar-refractivity contribution in [2.45, 2.75) is 19.3 Å². The van der Waals surface area contributed by atoms with E-state index in [1.54, 1.807) is 0 Å². The predicted molar refractivity (Wildman–Crippen MR) is 99.9 cm³/mol. The lowest BCUT2D eigenvalue weighted by atomic mass is 9.93. The zero-order chi connectivity index (χ0) is 15.5. The summed E-state index contributed by atoms with van der Waals surface area (Å²) in [5.41, 5.74) is 2.92. The van der Waals surface area contributed by atoms with Crippen molar-refractivity contribution < 1.29 is 0 Å². The van der Waals surface area contributed by atoms with Gasteiger partial charge in [-0.15, -0.1) is 0 Å². The van der Waals surface area contributed by atoms with Gasteiger partial charge in [-0.3, -0.25) is 0 Å². The fourth-order valence-electron chi connectivity index (χ4n) is 3.49. The first-order chi connectivity index (χ1) is 11.4. The fourth-order valence-corrected chi connectivity index (χ4v) is 3.49. The van der Waals surface area contributed by atoms with E-state index in [1.807, 2.05) is 0 Å². The van der Waals surface area contributed by atoms with Gasteiger partial charge in [0, 0.05) is 0 Å². The summed E-state index contributed by atoms with van der Waals surface area (Å²) in [5, 5.41) is 5.50. The lowest BCUT2D eigenvalue weighted by molar-refractivity contribution is 0.829. The second kappa shape index (κ2) is 6.26. The van der Waals surface area contributed by atoms with E-state index in [0.717, 1.165) is 12.8 Å². The molecule has 0 nitrogen and oxygen atoms in total. The highest BCUT2D eigenvalue weighted by molar-refractivity contribution is 6.02. The molecule has 0 atom stereocenters. The third-order valence-corrected chi connectivity index (χ3v) is 4.62. The van der Waals surface area contributed by atoms with Crippen molar-refractivity contribution in [2.75, 3.05) is 0 Å². The van der Waals surface area contributed by atoms with E-state index < -0.39 is 0 Å². The van der Waals surface area contributed by atoms with E-state index in [1.165, 1.54) is 39.1 Å². The third kappa shape index (κ3) is 2.85. The first-order valence-electron chi connectivity index (χ1n) is 8.35. The second-order valence-corrected chi connectivity index (χ2v) is 6.14. The average Bonchev–Trinajstić information content (AvgIpc) is 2.62. The molecule has 0 heteroatoms. The predicted octanol–water partition coefficient (Wildman–Crippen LogP) is 6.17. The minimum atomic E-state index is 1.12. The Hall–Kier alpha value is -2.60. The van der Waals surface area contributed by atoms with E-state index >= 15 is 0 Å². The average molecular weight is 296 g/mol. The van der Waals surface area contributed by atoms with Gasteiger partial charge in [-0.25, -0.2) is 0 Å². The van der Waals surface area contributed by atoms with Crippen LogP contribution in [0.25, 0.3) is 21.5 Å². The number of fused-ring (bicyclic) bond motifs is 2. The third-order valence-electron chi connectivity index (χ3n) is 4.62. The Bertz CT molecular complexity index is 882. The molecule has 0 aromatic heterocycles. The lowest BCUT2D eigenvalue weighted by Crippen LogP contribution is -1.93. The SMILES string of the molecule is c1ccc(CCCc2c3ccccc3cc3ccccc23)cc1. The smallest absolute Gasteiger partial charge is 0.0146 e. The topological polar surface area (TPSA) is 0 Å². The molecule has 0 saturated carbocycles. The summed E-state index contributed by atoms with van der Waals surface area (Å²) in [5.74, 6) is 0. The number of hydrogen-bond acceptors (Lipinski definition) is 0. The van der Waals surface area contributed by atoms with Crippen LogP contribution in [0, 0.1) is 0 Å². The monoisotopic (exact) mass is 296 g/mol. The molecule has 0 bridgehead atoms. The van der Waals surface area contributed by atoms with Crippen molar-refractivity contribution in [1.82, 2.24) is 0 Å². The summed E-state index contributed by atoms with van der Waals surface area (Å²) >= 11 is 0.